The minimum absolute atomic E-state index is 0.457. The van der Waals surface area contributed by atoms with Gasteiger partial charge in [-0.15, -0.1) is 0 Å². The highest BCUT2D eigenvalue weighted by atomic mass is 15.3. The molecule has 1 aliphatic rings. The number of likely N-dealkylation sites (N-methyl/N-ethyl adjacent to an activating group) is 1. The number of hydrogen-bond acceptors (Lipinski definition) is 2. The zero-order valence-electron chi connectivity index (χ0n) is 13.4. The Morgan fingerprint density at radius 1 is 1.30 bits per heavy atom. The summed E-state index contributed by atoms with van der Waals surface area (Å²) < 4.78 is 2.06. The van der Waals surface area contributed by atoms with Crippen LogP contribution >= 0.6 is 0 Å². The molecule has 1 N–H and O–H groups in total. The lowest BCUT2D eigenvalue weighted by Gasteiger charge is -2.24. The normalized spacial score (nSPS) is 18.6. The minimum Gasteiger partial charge on any atom is -0.317 e. The van der Waals surface area contributed by atoms with Gasteiger partial charge in [0.05, 0.1) is 5.69 Å². The van der Waals surface area contributed by atoms with E-state index in [0.29, 0.717) is 12.1 Å². The van der Waals surface area contributed by atoms with Crippen molar-refractivity contribution >= 4 is 0 Å². The second-order valence-electron chi connectivity index (χ2n) is 6.65. The number of nitrogens with one attached hydrogen (secondary N) is 1. The average molecular weight is 277 g/mol. The quantitative estimate of drug-likeness (QED) is 0.817. The molecule has 3 heteroatoms. The first-order valence-electron chi connectivity index (χ1n) is 8.40. The zero-order valence-corrected chi connectivity index (χ0v) is 13.4. The first-order valence-corrected chi connectivity index (χ1v) is 8.40. The van der Waals surface area contributed by atoms with Crippen LogP contribution < -0.4 is 5.32 Å². The van der Waals surface area contributed by atoms with E-state index in [0.717, 1.165) is 12.3 Å². The van der Waals surface area contributed by atoms with Crippen LogP contribution in [0.1, 0.15) is 70.5 Å². The SMILES string of the molecule is CNC(CCC1CCCCC1)Cc1ccn(C(C)C)n1. The van der Waals surface area contributed by atoms with E-state index in [9.17, 15) is 0 Å². The molecule has 1 unspecified atom stereocenters. The number of nitrogens with zero attached hydrogens (tertiary/aromatic N) is 2. The monoisotopic (exact) mass is 277 g/mol. The Morgan fingerprint density at radius 3 is 2.65 bits per heavy atom. The van der Waals surface area contributed by atoms with Crippen molar-refractivity contribution in [2.75, 3.05) is 7.05 Å². The summed E-state index contributed by atoms with van der Waals surface area (Å²) >= 11 is 0. The summed E-state index contributed by atoms with van der Waals surface area (Å²) in [6.07, 6.45) is 13.1. The Balaban J connectivity index is 1.78. The molecule has 1 saturated carbocycles. The molecule has 2 rings (SSSR count). The van der Waals surface area contributed by atoms with E-state index in [1.54, 1.807) is 0 Å². The molecule has 1 heterocycles. The van der Waals surface area contributed by atoms with Crippen molar-refractivity contribution in [1.29, 1.82) is 0 Å². The Hall–Kier alpha value is -0.830. The van der Waals surface area contributed by atoms with E-state index < -0.39 is 0 Å². The van der Waals surface area contributed by atoms with Crippen LogP contribution in [0.4, 0.5) is 0 Å². The van der Waals surface area contributed by atoms with E-state index in [4.69, 9.17) is 0 Å². The van der Waals surface area contributed by atoms with Gasteiger partial charge >= 0.3 is 0 Å². The molecule has 0 radical (unpaired) electrons. The van der Waals surface area contributed by atoms with Crippen molar-refractivity contribution in [3.63, 3.8) is 0 Å². The van der Waals surface area contributed by atoms with Crippen LogP contribution in [0.3, 0.4) is 0 Å². The van der Waals surface area contributed by atoms with Crippen LogP contribution in [0.2, 0.25) is 0 Å². The molecule has 1 aromatic rings. The van der Waals surface area contributed by atoms with Gasteiger partial charge in [-0.1, -0.05) is 32.1 Å². The van der Waals surface area contributed by atoms with Gasteiger partial charge in [0.15, 0.2) is 0 Å². The van der Waals surface area contributed by atoms with E-state index in [1.807, 2.05) is 0 Å². The third-order valence-corrected chi connectivity index (χ3v) is 4.70. The maximum Gasteiger partial charge on any atom is 0.0640 e. The Bertz CT molecular complexity index is 377. The maximum absolute atomic E-state index is 4.67. The minimum atomic E-state index is 0.457. The first-order chi connectivity index (χ1) is 9.69. The van der Waals surface area contributed by atoms with Crippen LogP contribution in [0.25, 0.3) is 0 Å². The number of hydrogen-bond donors (Lipinski definition) is 1. The molecule has 0 spiro atoms. The van der Waals surface area contributed by atoms with Crippen molar-refractivity contribution < 1.29 is 0 Å². The van der Waals surface area contributed by atoms with Gasteiger partial charge in [0, 0.05) is 24.7 Å². The van der Waals surface area contributed by atoms with E-state index in [1.165, 1.54) is 50.6 Å². The molecule has 1 aromatic heterocycles. The molecule has 1 aliphatic carbocycles. The smallest absolute Gasteiger partial charge is 0.0640 e. The van der Waals surface area contributed by atoms with Gasteiger partial charge in [-0.05, 0) is 45.7 Å². The van der Waals surface area contributed by atoms with Gasteiger partial charge in [-0.2, -0.15) is 5.10 Å². The Morgan fingerprint density at radius 2 is 2.05 bits per heavy atom. The Kier molecular flexibility index (Phi) is 6.08. The molecule has 1 atom stereocenters. The summed E-state index contributed by atoms with van der Waals surface area (Å²) in [4.78, 5) is 0. The van der Waals surface area contributed by atoms with Crippen LogP contribution in [-0.2, 0) is 6.42 Å². The molecule has 0 aromatic carbocycles. The lowest BCUT2D eigenvalue weighted by molar-refractivity contribution is 0.315. The van der Waals surface area contributed by atoms with Crippen molar-refractivity contribution in [2.45, 2.75) is 77.3 Å². The average Bonchev–Trinajstić information content (AvgIpc) is 2.93. The summed E-state index contributed by atoms with van der Waals surface area (Å²) in [6, 6.07) is 3.21. The lowest BCUT2D eigenvalue weighted by Crippen LogP contribution is -2.28. The predicted molar refractivity (Wildman–Crippen MR) is 85.0 cm³/mol. The van der Waals surface area contributed by atoms with Gasteiger partial charge in [0.1, 0.15) is 0 Å². The molecule has 0 bridgehead atoms. The maximum atomic E-state index is 4.67. The second-order valence-corrected chi connectivity index (χ2v) is 6.65. The van der Waals surface area contributed by atoms with Crippen molar-refractivity contribution in [3.05, 3.63) is 18.0 Å². The van der Waals surface area contributed by atoms with Crippen molar-refractivity contribution in [1.82, 2.24) is 15.1 Å². The van der Waals surface area contributed by atoms with E-state index >= 15 is 0 Å². The predicted octanol–water partition coefficient (Wildman–Crippen LogP) is 3.96. The lowest BCUT2D eigenvalue weighted by atomic mass is 9.85. The third-order valence-electron chi connectivity index (χ3n) is 4.70. The molecule has 1 fully saturated rings. The van der Waals surface area contributed by atoms with Crippen molar-refractivity contribution in [3.8, 4) is 0 Å². The summed E-state index contributed by atoms with van der Waals surface area (Å²) in [5.74, 6) is 0.979. The summed E-state index contributed by atoms with van der Waals surface area (Å²) in [5, 5.41) is 8.15. The van der Waals surface area contributed by atoms with Crippen LogP contribution in [0, 0.1) is 5.92 Å². The highest BCUT2D eigenvalue weighted by Gasteiger charge is 2.16. The largest absolute Gasteiger partial charge is 0.317 e. The highest BCUT2D eigenvalue weighted by molar-refractivity contribution is 5.02. The standard InChI is InChI=1S/C17H31N3/c1-14(2)20-12-11-17(19-20)13-16(18-3)10-9-15-7-5-4-6-8-15/h11-12,14-16,18H,4-10,13H2,1-3H3. The van der Waals surface area contributed by atoms with Crippen LogP contribution in [0.5, 0.6) is 0 Å². The van der Waals surface area contributed by atoms with Crippen LogP contribution in [0.15, 0.2) is 12.3 Å². The first kappa shape index (κ1) is 15.6. The molecular weight excluding hydrogens is 246 g/mol. The molecule has 3 nitrogen and oxygen atoms in total. The van der Waals surface area contributed by atoms with E-state index in [2.05, 4.69) is 48.3 Å². The van der Waals surface area contributed by atoms with Crippen molar-refractivity contribution in [2.24, 2.45) is 5.92 Å². The Labute approximate surface area is 124 Å². The second kappa shape index (κ2) is 7.82. The third kappa shape index (κ3) is 4.62. The molecule has 114 valence electrons. The van der Waals surface area contributed by atoms with Gasteiger partial charge in [0.2, 0.25) is 0 Å². The van der Waals surface area contributed by atoms with Gasteiger partial charge in [-0.3, -0.25) is 4.68 Å². The number of aromatic nitrogens is 2. The molecule has 0 saturated heterocycles. The van der Waals surface area contributed by atoms with Gasteiger partial charge in [-0.25, -0.2) is 0 Å². The van der Waals surface area contributed by atoms with Gasteiger partial charge < -0.3 is 5.32 Å². The molecule has 0 amide bonds. The summed E-state index contributed by atoms with van der Waals surface area (Å²) in [6.45, 7) is 4.35. The molecule has 20 heavy (non-hydrogen) atoms. The molecular formula is C17H31N3. The topological polar surface area (TPSA) is 29.9 Å². The fourth-order valence-corrected chi connectivity index (χ4v) is 3.29. The van der Waals surface area contributed by atoms with Crippen LogP contribution in [-0.4, -0.2) is 22.9 Å². The zero-order chi connectivity index (χ0) is 14.4. The fraction of sp³-hybridized carbons (Fsp3) is 0.824. The highest BCUT2D eigenvalue weighted by Crippen LogP contribution is 2.28. The summed E-state index contributed by atoms with van der Waals surface area (Å²) in [5.41, 5.74) is 1.22. The fourth-order valence-electron chi connectivity index (χ4n) is 3.29. The summed E-state index contributed by atoms with van der Waals surface area (Å²) in [7, 11) is 2.09. The number of rotatable bonds is 7. The van der Waals surface area contributed by atoms with E-state index in [-0.39, 0.29) is 0 Å². The van der Waals surface area contributed by atoms with Gasteiger partial charge in [0.25, 0.3) is 0 Å². The molecule has 0 aliphatic heterocycles.